The van der Waals surface area contributed by atoms with E-state index in [1.54, 1.807) is 30.1 Å². The van der Waals surface area contributed by atoms with Gasteiger partial charge >= 0.3 is 0 Å². The van der Waals surface area contributed by atoms with Gasteiger partial charge in [0, 0.05) is 11.3 Å². The van der Waals surface area contributed by atoms with Gasteiger partial charge in [0.05, 0.1) is 17.2 Å². The molecule has 0 spiro atoms. The first-order valence-electron chi connectivity index (χ1n) is 9.64. The van der Waals surface area contributed by atoms with Crippen molar-refractivity contribution in [1.29, 1.82) is 0 Å². The van der Waals surface area contributed by atoms with E-state index in [1.807, 2.05) is 54.6 Å². The minimum absolute atomic E-state index is 0.222. The molecule has 0 atom stereocenters. The highest BCUT2D eigenvalue weighted by atomic mass is 32.2. The average molecular weight is 430 g/mol. The minimum Gasteiger partial charge on any atom is -0.454 e. The van der Waals surface area contributed by atoms with Crippen molar-refractivity contribution < 1.29 is 14.3 Å². The number of hydrogen-bond donors (Lipinski definition) is 2. The smallest absolute Gasteiger partial charge is 0.271 e. The van der Waals surface area contributed by atoms with Crippen LogP contribution in [0.2, 0.25) is 0 Å². The van der Waals surface area contributed by atoms with Crippen LogP contribution in [0.3, 0.4) is 0 Å². The molecule has 1 amide bonds. The first-order valence-corrected chi connectivity index (χ1v) is 10.6. The molecular formula is C23H18N4O3S. The number of para-hydroxylation sites is 2. The third kappa shape index (κ3) is 4.39. The topological polar surface area (TPSA) is 88.6 Å². The molecule has 0 radical (unpaired) electrons. The Balaban J connectivity index is 1.16. The van der Waals surface area contributed by atoms with Gasteiger partial charge < -0.3 is 14.5 Å². The number of hydrazone groups is 1. The van der Waals surface area contributed by atoms with Crippen molar-refractivity contribution in [2.24, 2.45) is 5.10 Å². The van der Waals surface area contributed by atoms with Gasteiger partial charge in [-0.25, -0.2) is 10.4 Å². The Morgan fingerprint density at radius 2 is 1.94 bits per heavy atom. The summed E-state index contributed by atoms with van der Waals surface area (Å²) >= 11 is 1.62. The fourth-order valence-corrected chi connectivity index (χ4v) is 3.97. The second-order valence-corrected chi connectivity index (χ2v) is 7.82. The summed E-state index contributed by atoms with van der Waals surface area (Å²) in [6.07, 6.45) is 1.57. The number of benzene rings is 3. The first-order chi connectivity index (χ1) is 15.2. The molecule has 7 nitrogen and oxygen atoms in total. The Morgan fingerprint density at radius 3 is 2.81 bits per heavy atom. The lowest BCUT2D eigenvalue weighted by Gasteiger charge is -2.03. The molecule has 31 heavy (non-hydrogen) atoms. The molecule has 5 rings (SSSR count). The van der Waals surface area contributed by atoms with E-state index in [1.165, 1.54) is 0 Å². The van der Waals surface area contributed by atoms with Crippen molar-refractivity contribution in [2.45, 2.75) is 10.9 Å². The summed E-state index contributed by atoms with van der Waals surface area (Å²) in [6.45, 7) is 0.222. The van der Waals surface area contributed by atoms with Gasteiger partial charge in [-0.05, 0) is 53.6 Å². The monoisotopic (exact) mass is 430 g/mol. The summed E-state index contributed by atoms with van der Waals surface area (Å²) in [5.74, 6) is 1.86. The quantitative estimate of drug-likeness (QED) is 0.270. The summed E-state index contributed by atoms with van der Waals surface area (Å²) in [5, 5.41) is 4.90. The van der Waals surface area contributed by atoms with Crippen molar-refractivity contribution in [3.05, 3.63) is 83.4 Å². The number of imidazole rings is 1. The normalized spacial score (nSPS) is 12.5. The first kappa shape index (κ1) is 19.2. The minimum atomic E-state index is -0.270. The number of nitrogens with one attached hydrogen (secondary N) is 2. The number of amides is 1. The summed E-state index contributed by atoms with van der Waals surface area (Å²) in [5.41, 5.74) is 6.98. The van der Waals surface area contributed by atoms with Gasteiger partial charge in [0.1, 0.15) is 0 Å². The van der Waals surface area contributed by atoms with Crippen molar-refractivity contribution in [3.8, 4) is 11.5 Å². The van der Waals surface area contributed by atoms with Gasteiger partial charge in [-0.1, -0.05) is 36.0 Å². The van der Waals surface area contributed by atoms with E-state index in [2.05, 4.69) is 20.5 Å². The number of rotatable bonds is 6. The van der Waals surface area contributed by atoms with Crippen molar-refractivity contribution in [3.63, 3.8) is 0 Å². The third-order valence-electron chi connectivity index (χ3n) is 4.74. The molecule has 1 aliphatic heterocycles. The Labute approximate surface area is 182 Å². The number of fused-ring (bicyclic) bond motifs is 2. The highest BCUT2D eigenvalue weighted by Gasteiger charge is 2.12. The third-order valence-corrected chi connectivity index (χ3v) is 5.68. The van der Waals surface area contributed by atoms with E-state index < -0.39 is 0 Å². The van der Waals surface area contributed by atoms with E-state index in [9.17, 15) is 4.79 Å². The van der Waals surface area contributed by atoms with E-state index in [0.29, 0.717) is 17.1 Å². The summed E-state index contributed by atoms with van der Waals surface area (Å²) < 4.78 is 10.6. The molecule has 1 aliphatic rings. The summed E-state index contributed by atoms with van der Waals surface area (Å²) in [4.78, 5) is 20.2. The number of nitrogens with zero attached hydrogens (tertiary/aromatic N) is 2. The van der Waals surface area contributed by atoms with Gasteiger partial charge in [-0.3, -0.25) is 4.79 Å². The predicted molar refractivity (Wildman–Crippen MR) is 120 cm³/mol. The Kier molecular flexibility index (Phi) is 5.28. The molecule has 0 saturated heterocycles. The molecule has 8 heteroatoms. The highest BCUT2D eigenvalue weighted by Crippen LogP contribution is 2.32. The second-order valence-electron chi connectivity index (χ2n) is 6.86. The van der Waals surface area contributed by atoms with E-state index in [0.717, 1.165) is 33.1 Å². The number of hydrogen-bond acceptors (Lipinski definition) is 6. The molecule has 154 valence electrons. The van der Waals surface area contributed by atoms with Crippen LogP contribution in [0.25, 0.3) is 11.0 Å². The number of H-pyrrole nitrogens is 1. The van der Waals surface area contributed by atoms with Gasteiger partial charge in [-0.15, -0.1) is 0 Å². The fraction of sp³-hybridized carbons (Fsp3) is 0.0870. The lowest BCUT2D eigenvalue weighted by atomic mass is 10.1. The highest BCUT2D eigenvalue weighted by molar-refractivity contribution is 7.98. The standard InChI is InChI=1S/C23H18N4O3S/c28-22(27-24-12-16-7-10-20-21(11-16)30-14-29-20)17-8-5-15(6-9-17)13-31-23-25-18-3-1-2-4-19(18)26-23/h1-12H,13-14H2,(H,25,26)(H,27,28)/b24-12+. The maximum absolute atomic E-state index is 12.3. The Bertz CT molecular complexity index is 1230. The number of aromatic nitrogens is 2. The van der Waals surface area contributed by atoms with Crippen LogP contribution in [0, 0.1) is 0 Å². The molecule has 0 fully saturated rings. The van der Waals surface area contributed by atoms with Crippen LogP contribution in [0.5, 0.6) is 11.5 Å². The van der Waals surface area contributed by atoms with Crippen LogP contribution in [-0.2, 0) is 5.75 Å². The van der Waals surface area contributed by atoms with E-state index in [4.69, 9.17) is 9.47 Å². The molecule has 2 N–H and O–H groups in total. The molecule has 0 aliphatic carbocycles. The summed E-state index contributed by atoms with van der Waals surface area (Å²) in [7, 11) is 0. The largest absolute Gasteiger partial charge is 0.454 e. The molecule has 4 aromatic rings. The van der Waals surface area contributed by atoms with Crippen LogP contribution in [0.15, 0.2) is 77.0 Å². The molecule has 0 saturated carbocycles. The molecule has 1 aromatic heterocycles. The second kappa shape index (κ2) is 8.53. The van der Waals surface area contributed by atoms with Crippen molar-refractivity contribution >= 4 is 34.9 Å². The maximum Gasteiger partial charge on any atom is 0.271 e. The molecule has 0 unspecified atom stereocenters. The van der Waals surface area contributed by atoms with Gasteiger partial charge in [0.2, 0.25) is 6.79 Å². The Morgan fingerprint density at radius 1 is 1.10 bits per heavy atom. The number of carbonyl (C=O) groups excluding carboxylic acids is 1. The predicted octanol–water partition coefficient (Wildman–Crippen LogP) is 4.35. The van der Waals surface area contributed by atoms with Crippen LogP contribution >= 0.6 is 11.8 Å². The molecule has 0 bridgehead atoms. The van der Waals surface area contributed by atoms with Gasteiger partial charge in [-0.2, -0.15) is 5.10 Å². The van der Waals surface area contributed by atoms with Crippen molar-refractivity contribution in [1.82, 2.24) is 15.4 Å². The van der Waals surface area contributed by atoms with Crippen LogP contribution in [0.4, 0.5) is 0 Å². The van der Waals surface area contributed by atoms with Crippen LogP contribution in [-0.4, -0.2) is 28.9 Å². The number of carbonyl (C=O) groups is 1. The van der Waals surface area contributed by atoms with E-state index >= 15 is 0 Å². The lowest BCUT2D eigenvalue weighted by Crippen LogP contribution is -2.17. The average Bonchev–Trinajstić information content (AvgIpc) is 3.44. The zero-order valence-electron chi connectivity index (χ0n) is 16.4. The van der Waals surface area contributed by atoms with Gasteiger partial charge in [0.25, 0.3) is 5.91 Å². The maximum atomic E-state index is 12.3. The van der Waals surface area contributed by atoms with E-state index in [-0.39, 0.29) is 12.7 Å². The number of ether oxygens (including phenoxy) is 2. The van der Waals surface area contributed by atoms with Crippen LogP contribution < -0.4 is 14.9 Å². The Hall–Kier alpha value is -3.78. The lowest BCUT2D eigenvalue weighted by molar-refractivity contribution is 0.0955. The zero-order chi connectivity index (χ0) is 21.0. The zero-order valence-corrected chi connectivity index (χ0v) is 17.2. The van der Waals surface area contributed by atoms with Gasteiger partial charge in [0.15, 0.2) is 16.7 Å². The molecular weight excluding hydrogens is 412 g/mol. The van der Waals surface area contributed by atoms with Crippen molar-refractivity contribution in [2.75, 3.05) is 6.79 Å². The number of thioether (sulfide) groups is 1. The molecule has 3 aromatic carbocycles. The SMILES string of the molecule is O=C(N/N=C/c1ccc2c(c1)OCO2)c1ccc(CSc2nc3ccccc3[nH]2)cc1. The molecule has 2 heterocycles. The fourth-order valence-electron chi connectivity index (χ4n) is 3.13. The summed E-state index contributed by atoms with van der Waals surface area (Å²) in [6, 6.07) is 20.9. The number of aromatic amines is 1. The van der Waals surface area contributed by atoms with Crippen LogP contribution in [0.1, 0.15) is 21.5 Å².